The summed E-state index contributed by atoms with van der Waals surface area (Å²) >= 11 is 0. The minimum Gasteiger partial charge on any atom is -0.481 e. The van der Waals surface area contributed by atoms with Gasteiger partial charge in [0.2, 0.25) is 6.79 Å². The van der Waals surface area contributed by atoms with Gasteiger partial charge in [0, 0.05) is 6.42 Å². The number of hydrogen-bond acceptors (Lipinski definition) is 3. The number of carbonyl (C=O) groups is 1. The van der Waals surface area contributed by atoms with Crippen LogP contribution in [0.3, 0.4) is 0 Å². The van der Waals surface area contributed by atoms with Crippen molar-refractivity contribution in [2.75, 3.05) is 6.79 Å². The first-order valence-corrected chi connectivity index (χ1v) is 4.86. The highest BCUT2D eigenvalue weighted by atomic mass is 16.7. The lowest BCUT2D eigenvalue weighted by molar-refractivity contribution is -0.137. The van der Waals surface area contributed by atoms with Crippen LogP contribution in [0.5, 0.6) is 11.5 Å². The van der Waals surface area contributed by atoms with Crippen LogP contribution in [-0.2, 0) is 11.2 Å². The molecule has 0 amide bonds. The third-order valence-corrected chi connectivity index (χ3v) is 2.29. The Morgan fingerprint density at radius 2 is 2.13 bits per heavy atom. The van der Waals surface area contributed by atoms with Crippen molar-refractivity contribution in [3.63, 3.8) is 0 Å². The summed E-state index contributed by atoms with van der Waals surface area (Å²) in [4.78, 5) is 10.3. The number of hydrogen-bond donors (Lipinski definition) is 1. The summed E-state index contributed by atoms with van der Waals surface area (Å²) < 4.78 is 10.4. The molecule has 4 nitrogen and oxygen atoms in total. The molecule has 0 bridgehead atoms. The average molecular weight is 208 g/mol. The Labute approximate surface area is 87.4 Å². The van der Waals surface area contributed by atoms with E-state index >= 15 is 0 Å². The van der Waals surface area contributed by atoms with Gasteiger partial charge in [-0.1, -0.05) is 6.07 Å². The van der Waals surface area contributed by atoms with Gasteiger partial charge in [-0.05, 0) is 30.5 Å². The predicted molar refractivity (Wildman–Crippen MR) is 53.1 cm³/mol. The number of ether oxygens (including phenoxy) is 2. The quantitative estimate of drug-likeness (QED) is 0.820. The summed E-state index contributed by atoms with van der Waals surface area (Å²) in [5.74, 6) is 0.760. The third-order valence-electron chi connectivity index (χ3n) is 2.29. The largest absolute Gasteiger partial charge is 0.481 e. The van der Waals surface area contributed by atoms with Crippen molar-refractivity contribution >= 4 is 5.97 Å². The molecule has 1 aromatic rings. The lowest BCUT2D eigenvalue weighted by Gasteiger charge is -2.01. The molecular weight excluding hydrogens is 196 g/mol. The molecule has 0 spiro atoms. The summed E-state index contributed by atoms with van der Waals surface area (Å²) in [5, 5.41) is 8.50. The molecule has 1 aliphatic heterocycles. The van der Waals surface area contributed by atoms with E-state index in [4.69, 9.17) is 14.6 Å². The zero-order valence-corrected chi connectivity index (χ0v) is 8.23. The molecule has 1 N–H and O–H groups in total. The van der Waals surface area contributed by atoms with E-state index in [1.54, 1.807) is 0 Å². The van der Waals surface area contributed by atoms with E-state index in [-0.39, 0.29) is 13.2 Å². The zero-order valence-electron chi connectivity index (χ0n) is 8.23. The summed E-state index contributed by atoms with van der Waals surface area (Å²) in [5.41, 5.74) is 1.08. The van der Waals surface area contributed by atoms with E-state index in [0.29, 0.717) is 6.42 Å². The highest BCUT2D eigenvalue weighted by Crippen LogP contribution is 2.32. The van der Waals surface area contributed by atoms with Crippen molar-refractivity contribution in [1.29, 1.82) is 0 Å². The summed E-state index contributed by atoms with van der Waals surface area (Å²) in [6.45, 7) is 0.272. The van der Waals surface area contributed by atoms with Crippen molar-refractivity contribution in [3.05, 3.63) is 23.8 Å². The molecule has 15 heavy (non-hydrogen) atoms. The highest BCUT2D eigenvalue weighted by molar-refractivity contribution is 5.66. The van der Waals surface area contributed by atoms with Gasteiger partial charge in [-0.25, -0.2) is 0 Å². The fourth-order valence-corrected chi connectivity index (χ4v) is 1.54. The SMILES string of the molecule is O=C(O)CCCc1ccc2c(c1)OCO2. The molecule has 0 unspecified atom stereocenters. The minimum atomic E-state index is -0.754. The smallest absolute Gasteiger partial charge is 0.303 e. The topological polar surface area (TPSA) is 55.8 Å². The molecule has 0 aromatic heterocycles. The molecule has 1 aromatic carbocycles. The first kappa shape index (κ1) is 9.83. The van der Waals surface area contributed by atoms with Gasteiger partial charge < -0.3 is 14.6 Å². The molecule has 4 heteroatoms. The van der Waals surface area contributed by atoms with Crippen LogP contribution in [-0.4, -0.2) is 17.9 Å². The molecular formula is C11H12O4. The van der Waals surface area contributed by atoms with Crippen LogP contribution in [0.1, 0.15) is 18.4 Å². The van der Waals surface area contributed by atoms with Crippen molar-refractivity contribution < 1.29 is 19.4 Å². The van der Waals surface area contributed by atoms with E-state index in [1.165, 1.54) is 0 Å². The summed E-state index contributed by atoms with van der Waals surface area (Å²) in [6.07, 6.45) is 1.60. The van der Waals surface area contributed by atoms with E-state index in [2.05, 4.69) is 0 Å². The normalized spacial score (nSPS) is 12.8. The fourth-order valence-electron chi connectivity index (χ4n) is 1.54. The average Bonchev–Trinajstić information content (AvgIpc) is 2.64. The van der Waals surface area contributed by atoms with Gasteiger partial charge in [0.15, 0.2) is 11.5 Å². The maximum atomic E-state index is 10.3. The first-order chi connectivity index (χ1) is 7.25. The number of benzene rings is 1. The number of rotatable bonds is 4. The van der Waals surface area contributed by atoms with Crippen LogP contribution in [0.15, 0.2) is 18.2 Å². The highest BCUT2D eigenvalue weighted by Gasteiger charge is 2.12. The van der Waals surface area contributed by atoms with E-state index in [0.717, 1.165) is 23.5 Å². The van der Waals surface area contributed by atoms with Crippen molar-refractivity contribution in [2.24, 2.45) is 0 Å². The molecule has 0 atom stereocenters. The van der Waals surface area contributed by atoms with Crippen LogP contribution in [0.25, 0.3) is 0 Å². The lowest BCUT2D eigenvalue weighted by Crippen LogP contribution is -1.95. The summed E-state index contributed by atoms with van der Waals surface area (Å²) in [7, 11) is 0. The molecule has 0 radical (unpaired) electrons. The van der Waals surface area contributed by atoms with Crippen LogP contribution in [0.2, 0.25) is 0 Å². The van der Waals surface area contributed by atoms with Gasteiger partial charge in [-0.3, -0.25) is 4.79 Å². The second kappa shape index (κ2) is 4.21. The van der Waals surface area contributed by atoms with Crippen LogP contribution < -0.4 is 9.47 Å². The molecule has 2 rings (SSSR count). The second-order valence-electron chi connectivity index (χ2n) is 3.43. The Hall–Kier alpha value is -1.71. The molecule has 0 aliphatic carbocycles. The Morgan fingerprint density at radius 1 is 1.33 bits per heavy atom. The van der Waals surface area contributed by atoms with E-state index in [1.807, 2.05) is 18.2 Å². The molecule has 0 saturated carbocycles. The molecule has 1 heterocycles. The Morgan fingerprint density at radius 3 is 2.93 bits per heavy atom. The minimum absolute atomic E-state index is 0.203. The lowest BCUT2D eigenvalue weighted by atomic mass is 10.1. The van der Waals surface area contributed by atoms with Crippen LogP contribution >= 0.6 is 0 Å². The van der Waals surface area contributed by atoms with E-state index < -0.39 is 5.97 Å². The predicted octanol–water partition coefficient (Wildman–Crippen LogP) is 1.82. The number of aliphatic carboxylic acids is 1. The summed E-state index contributed by atoms with van der Waals surface area (Å²) in [6, 6.07) is 5.71. The van der Waals surface area contributed by atoms with E-state index in [9.17, 15) is 4.79 Å². The Kier molecular flexibility index (Phi) is 2.76. The number of aryl methyl sites for hydroxylation is 1. The van der Waals surface area contributed by atoms with Crippen molar-refractivity contribution in [2.45, 2.75) is 19.3 Å². The van der Waals surface area contributed by atoms with Gasteiger partial charge in [0.25, 0.3) is 0 Å². The Balaban J connectivity index is 1.95. The van der Waals surface area contributed by atoms with Crippen LogP contribution in [0, 0.1) is 0 Å². The first-order valence-electron chi connectivity index (χ1n) is 4.86. The third kappa shape index (κ3) is 2.40. The fraction of sp³-hybridized carbons (Fsp3) is 0.364. The zero-order chi connectivity index (χ0) is 10.7. The monoisotopic (exact) mass is 208 g/mol. The van der Waals surface area contributed by atoms with Gasteiger partial charge >= 0.3 is 5.97 Å². The Bertz CT molecular complexity index is 373. The molecule has 0 fully saturated rings. The maximum absolute atomic E-state index is 10.3. The number of carboxylic acids is 1. The van der Waals surface area contributed by atoms with Crippen molar-refractivity contribution in [1.82, 2.24) is 0 Å². The molecule has 1 aliphatic rings. The van der Waals surface area contributed by atoms with Gasteiger partial charge in [0.05, 0.1) is 0 Å². The molecule has 0 saturated heterocycles. The standard InChI is InChI=1S/C11H12O4/c12-11(13)3-1-2-8-4-5-9-10(6-8)15-7-14-9/h4-6H,1-3,7H2,(H,12,13). The van der Waals surface area contributed by atoms with Crippen molar-refractivity contribution in [3.8, 4) is 11.5 Å². The maximum Gasteiger partial charge on any atom is 0.303 e. The second-order valence-corrected chi connectivity index (χ2v) is 3.43. The van der Waals surface area contributed by atoms with Gasteiger partial charge in [-0.2, -0.15) is 0 Å². The number of fused-ring (bicyclic) bond motifs is 1. The van der Waals surface area contributed by atoms with Gasteiger partial charge in [0.1, 0.15) is 0 Å². The van der Waals surface area contributed by atoms with Gasteiger partial charge in [-0.15, -0.1) is 0 Å². The number of carboxylic acid groups (broad SMARTS) is 1. The van der Waals surface area contributed by atoms with Crippen LogP contribution in [0.4, 0.5) is 0 Å². The molecule has 80 valence electrons.